The first-order valence-electron chi connectivity index (χ1n) is 6.45. The van der Waals surface area contributed by atoms with Crippen LogP contribution in [0.4, 0.5) is 0 Å². The molecule has 3 rings (SSSR count). The van der Waals surface area contributed by atoms with Crippen molar-refractivity contribution in [3.63, 3.8) is 0 Å². The van der Waals surface area contributed by atoms with E-state index < -0.39 is 0 Å². The number of ether oxygens (including phenoxy) is 1. The Morgan fingerprint density at radius 3 is 3.00 bits per heavy atom. The number of imidazole rings is 1. The van der Waals surface area contributed by atoms with Crippen LogP contribution in [0.5, 0.6) is 0 Å². The Bertz CT molecular complexity index is 822. The lowest BCUT2D eigenvalue weighted by molar-refractivity contribution is 0.0600. The van der Waals surface area contributed by atoms with Gasteiger partial charge in [-0.05, 0) is 18.6 Å². The van der Waals surface area contributed by atoms with Crippen LogP contribution in [-0.2, 0) is 11.2 Å². The summed E-state index contributed by atoms with van der Waals surface area (Å²) in [5, 5.41) is 4.58. The zero-order chi connectivity index (χ0) is 15.0. The molecule has 0 unspecified atom stereocenters. The Morgan fingerprint density at radius 2 is 2.29 bits per heavy atom. The maximum Gasteiger partial charge on any atom is 0.340 e. The fraction of sp³-hybridized carbons (Fsp3) is 0.214. The number of nitrogens with one attached hydrogen (secondary N) is 1. The van der Waals surface area contributed by atoms with Crippen LogP contribution >= 0.6 is 11.6 Å². The number of hydrogen-bond donors (Lipinski definition) is 1. The van der Waals surface area contributed by atoms with Crippen molar-refractivity contribution < 1.29 is 9.53 Å². The molecule has 3 aromatic heterocycles. The maximum absolute atomic E-state index is 12.1. The van der Waals surface area contributed by atoms with Gasteiger partial charge in [-0.25, -0.2) is 14.3 Å². The third kappa shape index (κ3) is 2.17. The third-order valence-electron chi connectivity index (χ3n) is 3.31. The number of rotatable bonds is 3. The first-order valence-corrected chi connectivity index (χ1v) is 6.82. The second-order valence-electron chi connectivity index (χ2n) is 4.47. The van der Waals surface area contributed by atoms with Gasteiger partial charge in [-0.1, -0.05) is 18.5 Å². The number of aromatic amines is 1. The van der Waals surface area contributed by atoms with E-state index in [1.807, 2.05) is 6.92 Å². The number of hydrogen-bond acceptors (Lipinski definition) is 4. The smallest absolute Gasteiger partial charge is 0.340 e. The zero-order valence-corrected chi connectivity index (χ0v) is 12.3. The summed E-state index contributed by atoms with van der Waals surface area (Å²) in [6.45, 7) is 1.96. The molecule has 6 nitrogen and oxygen atoms in total. The van der Waals surface area contributed by atoms with E-state index in [1.165, 1.54) is 7.11 Å². The molecular weight excluding hydrogens is 292 g/mol. The van der Waals surface area contributed by atoms with Crippen LogP contribution in [0.25, 0.3) is 16.9 Å². The zero-order valence-electron chi connectivity index (χ0n) is 11.6. The standard InChI is InChI=1S/C14H13ClN4O2/c1-3-9-13(14(20)21-2)8(6-16-9)10-7-17-12-5-4-11(15)18-19(10)12/h4-7,16H,3H2,1-2H3. The Morgan fingerprint density at radius 1 is 1.48 bits per heavy atom. The van der Waals surface area contributed by atoms with Crippen molar-refractivity contribution in [2.24, 2.45) is 0 Å². The summed E-state index contributed by atoms with van der Waals surface area (Å²) >= 11 is 5.94. The van der Waals surface area contributed by atoms with Gasteiger partial charge in [0.1, 0.15) is 5.15 Å². The molecule has 0 atom stereocenters. The Hall–Kier alpha value is -2.34. The molecule has 21 heavy (non-hydrogen) atoms. The topological polar surface area (TPSA) is 72.3 Å². The molecule has 0 saturated heterocycles. The van der Waals surface area contributed by atoms with Crippen LogP contribution in [0.2, 0.25) is 5.15 Å². The number of aromatic nitrogens is 4. The molecular formula is C14H13ClN4O2. The summed E-state index contributed by atoms with van der Waals surface area (Å²) in [5.41, 5.74) is 3.35. The van der Waals surface area contributed by atoms with Crippen molar-refractivity contribution in [1.82, 2.24) is 19.6 Å². The predicted molar refractivity (Wildman–Crippen MR) is 78.5 cm³/mol. The fourth-order valence-electron chi connectivity index (χ4n) is 2.32. The molecule has 0 bridgehead atoms. The number of halogens is 1. The summed E-state index contributed by atoms with van der Waals surface area (Å²) in [7, 11) is 1.36. The second kappa shape index (κ2) is 5.21. The highest BCUT2D eigenvalue weighted by molar-refractivity contribution is 6.29. The first kappa shape index (κ1) is 13.6. The predicted octanol–water partition coefficient (Wildman–Crippen LogP) is 2.73. The lowest BCUT2D eigenvalue weighted by Crippen LogP contribution is -2.06. The highest BCUT2D eigenvalue weighted by Crippen LogP contribution is 2.28. The number of H-pyrrole nitrogens is 1. The molecule has 0 aliphatic carbocycles. The summed E-state index contributed by atoms with van der Waals surface area (Å²) in [5.74, 6) is -0.389. The SMILES string of the molecule is CCc1[nH]cc(-c2cnc3ccc(Cl)nn23)c1C(=O)OC. The van der Waals surface area contributed by atoms with E-state index in [0.29, 0.717) is 34.0 Å². The van der Waals surface area contributed by atoms with Crippen LogP contribution in [0.1, 0.15) is 23.0 Å². The molecule has 0 fully saturated rings. The average molecular weight is 305 g/mol. The van der Waals surface area contributed by atoms with E-state index >= 15 is 0 Å². The molecule has 3 heterocycles. The van der Waals surface area contributed by atoms with Gasteiger partial charge in [0.05, 0.1) is 24.6 Å². The lowest BCUT2D eigenvalue weighted by Gasteiger charge is -2.04. The van der Waals surface area contributed by atoms with Gasteiger partial charge in [0, 0.05) is 17.5 Å². The third-order valence-corrected chi connectivity index (χ3v) is 3.51. The molecule has 0 amide bonds. The summed E-state index contributed by atoms with van der Waals surface area (Å²) < 4.78 is 6.49. The Balaban J connectivity index is 2.26. The van der Waals surface area contributed by atoms with Gasteiger partial charge in [-0.3, -0.25) is 0 Å². The van der Waals surface area contributed by atoms with Crippen LogP contribution in [-0.4, -0.2) is 32.7 Å². The van der Waals surface area contributed by atoms with E-state index in [0.717, 1.165) is 5.69 Å². The van der Waals surface area contributed by atoms with Gasteiger partial charge in [0.15, 0.2) is 5.65 Å². The summed E-state index contributed by atoms with van der Waals surface area (Å²) in [6.07, 6.45) is 4.11. The maximum atomic E-state index is 12.1. The van der Waals surface area contributed by atoms with Crippen LogP contribution < -0.4 is 0 Å². The average Bonchev–Trinajstić information content (AvgIpc) is 3.08. The fourth-order valence-corrected chi connectivity index (χ4v) is 2.46. The minimum atomic E-state index is -0.389. The molecule has 0 aliphatic heterocycles. The highest BCUT2D eigenvalue weighted by Gasteiger charge is 2.22. The number of esters is 1. The number of methoxy groups -OCH3 is 1. The normalized spacial score (nSPS) is 11.0. The van der Waals surface area contributed by atoms with Crippen LogP contribution in [0.3, 0.4) is 0 Å². The van der Waals surface area contributed by atoms with Crippen molar-refractivity contribution in [1.29, 1.82) is 0 Å². The number of nitrogens with zero attached hydrogens (tertiary/aromatic N) is 3. The largest absolute Gasteiger partial charge is 0.465 e. The second-order valence-corrected chi connectivity index (χ2v) is 4.86. The van der Waals surface area contributed by atoms with Crippen molar-refractivity contribution in [2.45, 2.75) is 13.3 Å². The van der Waals surface area contributed by atoms with Crippen molar-refractivity contribution in [3.05, 3.63) is 40.9 Å². The van der Waals surface area contributed by atoms with Crippen molar-refractivity contribution in [2.75, 3.05) is 7.11 Å². The van der Waals surface area contributed by atoms with E-state index in [2.05, 4.69) is 15.1 Å². The van der Waals surface area contributed by atoms with Crippen molar-refractivity contribution in [3.8, 4) is 11.3 Å². The number of fused-ring (bicyclic) bond motifs is 1. The molecule has 1 N–H and O–H groups in total. The van der Waals surface area contributed by atoms with Gasteiger partial charge >= 0.3 is 5.97 Å². The molecule has 0 radical (unpaired) electrons. The molecule has 7 heteroatoms. The minimum absolute atomic E-state index is 0.354. The Kier molecular flexibility index (Phi) is 3.39. The first-order chi connectivity index (χ1) is 10.2. The van der Waals surface area contributed by atoms with E-state index in [4.69, 9.17) is 16.3 Å². The summed E-state index contributed by atoms with van der Waals surface area (Å²) in [6, 6.07) is 3.44. The lowest BCUT2D eigenvalue weighted by atomic mass is 10.1. The van der Waals surface area contributed by atoms with Gasteiger partial charge in [-0.15, -0.1) is 0 Å². The number of carbonyl (C=O) groups is 1. The monoisotopic (exact) mass is 304 g/mol. The number of aryl methyl sites for hydroxylation is 1. The number of carbonyl (C=O) groups excluding carboxylic acids is 1. The van der Waals surface area contributed by atoms with E-state index in [-0.39, 0.29) is 5.97 Å². The van der Waals surface area contributed by atoms with Gasteiger partial charge < -0.3 is 9.72 Å². The molecule has 0 aliphatic rings. The molecule has 0 spiro atoms. The van der Waals surface area contributed by atoms with Gasteiger partial charge in [0.25, 0.3) is 0 Å². The van der Waals surface area contributed by atoms with Gasteiger partial charge in [-0.2, -0.15) is 5.10 Å². The van der Waals surface area contributed by atoms with Crippen molar-refractivity contribution >= 4 is 23.2 Å². The molecule has 3 aromatic rings. The van der Waals surface area contributed by atoms with Crippen LogP contribution in [0, 0.1) is 0 Å². The highest BCUT2D eigenvalue weighted by atomic mass is 35.5. The molecule has 0 aromatic carbocycles. The minimum Gasteiger partial charge on any atom is -0.465 e. The van der Waals surface area contributed by atoms with Gasteiger partial charge in [0.2, 0.25) is 0 Å². The van der Waals surface area contributed by atoms with E-state index in [1.54, 1.807) is 29.0 Å². The molecule has 0 saturated carbocycles. The van der Waals surface area contributed by atoms with E-state index in [9.17, 15) is 4.79 Å². The Labute approximate surface area is 125 Å². The van der Waals surface area contributed by atoms with Crippen LogP contribution in [0.15, 0.2) is 24.5 Å². The molecule has 108 valence electrons. The quantitative estimate of drug-likeness (QED) is 0.755. The summed E-state index contributed by atoms with van der Waals surface area (Å²) in [4.78, 5) is 19.4.